The highest BCUT2D eigenvalue weighted by molar-refractivity contribution is 9.10. The number of nitrogens with one attached hydrogen (secondary N) is 2. The van der Waals surface area contributed by atoms with Crippen molar-refractivity contribution in [3.63, 3.8) is 0 Å². The van der Waals surface area contributed by atoms with Gasteiger partial charge in [-0.25, -0.2) is 0 Å². The van der Waals surface area contributed by atoms with Crippen LogP contribution in [0.3, 0.4) is 0 Å². The van der Waals surface area contributed by atoms with Gasteiger partial charge in [-0.1, -0.05) is 22.0 Å². The Morgan fingerprint density at radius 1 is 1.39 bits per heavy atom. The van der Waals surface area contributed by atoms with E-state index in [1.54, 1.807) is 37.3 Å². The first-order chi connectivity index (χ1) is 8.54. The molecule has 0 bridgehead atoms. The van der Waals surface area contributed by atoms with Gasteiger partial charge in [-0.05, 0) is 31.2 Å². The summed E-state index contributed by atoms with van der Waals surface area (Å²) in [5.41, 5.74) is 1.20. The van der Waals surface area contributed by atoms with Crippen molar-refractivity contribution in [3.05, 3.63) is 42.5 Å². The first-order valence-electron chi connectivity index (χ1n) is 5.48. The Kier molecular flexibility index (Phi) is 5.58. The third-order valence-electron chi connectivity index (χ3n) is 2.18. The van der Waals surface area contributed by atoms with E-state index in [0.29, 0.717) is 17.8 Å². The summed E-state index contributed by atoms with van der Waals surface area (Å²) in [4.78, 5) is 22.8. The Hall–Kier alpha value is -1.62. The molecule has 0 spiro atoms. The van der Waals surface area contributed by atoms with E-state index in [-0.39, 0.29) is 16.6 Å². The lowest BCUT2D eigenvalue weighted by Crippen LogP contribution is -2.23. The molecule has 0 aliphatic carbocycles. The summed E-state index contributed by atoms with van der Waals surface area (Å²) < 4.78 is 0. The van der Waals surface area contributed by atoms with Gasteiger partial charge in [-0.3, -0.25) is 9.59 Å². The minimum Gasteiger partial charge on any atom is -0.349 e. The van der Waals surface area contributed by atoms with E-state index in [1.165, 1.54) is 0 Å². The van der Waals surface area contributed by atoms with Crippen molar-refractivity contribution in [3.8, 4) is 0 Å². The fraction of sp³-hybridized carbons (Fsp3) is 0.231. The van der Waals surface area contributed by atoms with Crippen molar-refractivity contribution in [2.45, 2.75) is 11.8 Å². The topological polar surface area (TPSA) is 58.2 Å². The van der Waals surface area contributed by atoms with Crippen LogP contribution in [-0.4, -0.2) is 23.2 Å². The van der Waals surface area contributed by atoms with Crippen LogP contribution in [0.15, 0.2) is 36.9 Å². The molecule has 0 heterocycles. The molecule has 4 nitrogen and oxygen atoms in total. The second kappa shape index (κ2) is 6.96. The summed E-state index contributed by atoms with van der Waals surface area (Å²) in [6, 6.07) is 6.70. The van der Waals surface area contributed by atoms with Gasteiger partial charge < -0.3 is 10.6 Å². The molecule has 18 heavy (non-hydrogen) atoms. The van der Waals surface area contributed by atoms with Crippen LogP contribution in [0.5, 0.6) is 0 Å². The van der Waals surface area contributed by atoms with Crippen LogP contribution in [0, 0.1) is 0 Å². The summed E-state index contributed by atoms with van der Waals surface area (Å²) >= 11 is 3.18. The molecule has 0 radical (unpaired) electrons. The molecule has 0 aromatic heterocycles. The second-order valence-corrected chi connectivity index (χ2v) is 5.05. The highest BCUT2D eigenvalue weighted by atomic mass is 79.9. The lowest BCUT2D eigenvalue weighted by Gasteiger charge is -2.07. The van der Waals surface area contributed by atoms with Crippen molar-refractivity contribution in [2.75, 3.05) is 11.9 Å². The Bertz CT molecular complexity index is 441. The Morgan fingerprint density at radius 2 is 2.00 bits per heavy atom. The monoisotopic (exact) mass is 310 g/mol. The van der Waals surface area contributed by atoms with Crippen molar-refractivity contribution in [1.29, 1.82) is 0 Å². The van der Waals surface area contributed by atoms with E-state index in [1.807, 2.05) is 0 Å². The minimum absolute atomic E-state index is 0.126. The minimum atomic E-state index is -0.256. The van der Waals surface area contributed by atoms with Crippen LogP contribution in [0.1, 0.15) is 17.3 Å². The van der Waals surface area contributed by atoms with Crippen LogP contribution >= 0.6 is 15.9 Å². The largest absolute Gasteiger partial charge is 0.349 e. The van der Waals surface area contributed by atoms with E-state index >= 15 is 0 Å². The van der Waals surface area contributed by atoms with Gasteiger partial charge in [0.05, 0.1) is 4.83 Å². The molecule has 1 unspecified atom stereocenters. The highest BCUT2D eigenvalue weighted by Gasteiger charge is 2.09. The van der Waals surface area contributed by atoms with Gasteiger partial charge in [0.1, 0.15) is 0 Å². The number of amides is 2. The molecule has 0 aliphatic heterocycles. The number of alkyl halides is 1. The van der Waals surface area contributed by atoms with E-state index in [4.69, 9.17) is 0 Å². The maximum Gasteiger partial charge on any atom is 0.251 e. The van der Waals surface area contributed by atoms with Gasteiger partial charge >= 0.3 is 0 Å². The Morgan fingerprint density at radius 3 is 2.50 bits per heavy atom. The summed E-state index contributed by atoms with van der Waals surface area (Å²) in [6.45, 7) is 5.69. The fourth-order valence-electron chi connectivity index (χ4n) is 1.21. The van der Waals surface area contributed by atoms with Crippen molar-refractivity contribution in [1.82, 2.24) is 5.32 Å². The summed E-state index contributed by atoms with van der Waals surface area (Å²) in [5, 5.41) is 5.39. The number of benzene rings is 1. The lowest BCUT2D eigenvalue weighted by atomic mass is 10.2. The first kappa shape index (κ1) is 14.4. The molecule has 1 aromatic rings. The molecule has 1 rings (SSSR count). The standard InChI is InChI=1S/C13H15BrN2O2/c1-3-8-15-13(18)10-4-6-11(7-5-10)16-12(17)9(2)14/h3-7,9H,1,8H2,2H3,(H,15,18)(H,16,17). The van der Waals surface area contributed by atoms with E-state index in [0.717, 1.165) is 0 Å². The number of carbonyl (C=O) groups is 2. The summed E-state index contributed by atoms with van der Waals surface area (Å²) in [5.74, 6) is -0.291. The quantitative estimate of drug-likeness (QED) is 0.648. The third-order valence-corrected chi connectivity index (χ3v) is 2.60. The van der Waals surface area contributed by atoms with E-state index in [2.05, 4.69) is 33.1 Å². The average molecular weight is 311 g/mol. The molecule has 5 heteroatoms. The van der Waals surface area contributed by atoms with Crippen LogP contribution < -0.4 is 10.6 Å². The van der Waals surface area contributed by atoms with Crippen LogP contribution in [0.2, 0.25) is 0 Å². The van der Waals surface area contributed by atoms with Gasteiger partial charge in [-0.2, -0.15) is 0 Å². The van der Waals surface area contributed by atoms with Crippen LogP contribution in [0.4, 0.5) is 5.69 Å². The van der Waals surface area contributed by atoms with Gasteiger partial charge in [0, 0.05) is 17.8 Å². The zero-order chi connectivity index (χ0) is 13.5. The molecule has 0 saturated heterocycles. The van der Waals surface area contributed by atoms with Crippen molar-refractivity contribution in [2.24, 2.45) is 0 Å². The number of halogens is 1. The number of carbonyl (C=O) groups excluding carboxylic acids is 2. The lowest BCUT2D eigenvalue weighted by molar-refractivity contribution is -0.115. The Labute approximate surface area is 115 Å². The van der Waals surface area contributed by atoms with Gasteiger partial charge in [-0.15, -0.1) is 6.58 Å². The van der Waals surface area contributed by atoms with Crippen molar-refractivity contribution >= 4 is 33.4 Å². The van der Waals surface area contributed by atoms with Gasteiger partial charge in [0.15, 0.2) is 0 Å². The molecule has 1 atom stereocenters. The molecule has 0 saturated carbocycles. The normalized spacial score (nSPS) is 11.4. The predicted molar refractivity (Wildman–Crippen MR) is 76.0 cm³/mol. The highest BCUT2D eigenvalue weighted by Crippen LogP contribution is 2.11. The van der Waals surface area contributed by atoms with E-state index in [9.17, 15) is 9.59 Å². The molecule has 1 aromatic carbocycles. The molecule has 2 N–H and O–H groups in total. The maximum atomic E-state index is 11.6. The molecule has 0 aliphatic rings. The predicted octanol–water partition coefficient (Wildman–Crippen LogP) is 2.32. The first-order valence-corrected chi connectivity index (χ1v) is 6.40. The average Bonchev–Trinajstić information content (AvgIpc) is 2.36. The molecule has 2 amide bonds. The number of anilines is 1. The van der Waals surface area contributed by atoms with E-state index < -0.39 is 0 Å². The zero-order valence-corrected chi connectivity index (χ0v) is 11.7. The van der Waals surface area contributed by atoms with Crippen LogP contribution in [-0.2, 0) is 4.79 Å². The third kappa shape index (κ3) is 4.33. The molecular formula is C13H15BrN2O2. The van der Waals surface area contributed by atoms with Gasteiger partial charge in [0.2, 0.25) is 5.91 Å². The summed E-state index contributed by atoms with van der Waals surface area (Å²) in [7, 11) is 0. The molecular weight excluding hydrogens is 296 g/mol. The SMILES string of the molecule is C=CCNC(=O)c1ccc(NC(=O)C(C)Br)cc1. The van der Waals surface area contributed by atoms with Crippen molar-refractivity contribution < 1.29 is 9.59 Å². The molecule has 96 valence electrons. The van der Waals surface area contributed by atoms with Gasteiger partial charge in [0.25, 0.3) is 5.91 Å². The number of hydrogen-bond donors (Lipinski definition) is 2. The fourth-order valence-corrected chi connectivity index (χ4v) is 1.33. The number of rotatable bonds is 5. The number of hydrogen-bond acceptors (Lipinski definition) is 2. The zero-order valence-electron chi connectivity index (χ0n) is 10.1. The van der Waals surface area contributed by atoms with Crippen LogP contribution in [0.25, 0.3) is 0 Å². The maximum absolute atomic E-state index is 11.6. The summed E-state index contributed by atoms with van der Waals surface area (Å²) in [6.07, 6.45) is 1.61. The second-order valence-electron chi connectivity index (χ2n) is 3.68. The smallest absolute Gasteiger partial charge is 0.251 e. The Balaban J connectivity index is 2.65. The molecule has 0 fully saturated rings.